The topological polar surface area (TPSA) is 96.7 Å². The zero-order valence-corrected chi connectivity index (χ0v) is 20.6. The Hall–Kier alpha value is -3.27. The number of aromatic nitrogens is 3. The number of imidazole rings is 1. The molecule has 1 amide bonds. The number of carbonyl (C=O) groups excluding carboxylic acids is 1. The van der Waals surface area contributed by atoms with Crippen LogP contribution in [-0.2, 0) is 23.1 Å². The van der Waals surface area contributed by atoms with E-state index in [-0.39, 0.29) is 28.6 Å². The normalized spacial score (nSPS) is 11.8. The van der Waals surface area contributed by atoms with Gasteiger partial charge in [-0.1, -0.05) is 41.9 Å². The van der Waals surface area contributed by atoms with Gasteiger partial charge in [0.2, 0.25) is 15.8 Å². The predicted molar refractivity (Wildman–Crippen MR) is 130 cm³/mol. The number of nitrogens with one attached hydrogen (secondary N) is 1. The second kappa shape index (κ2) is 9.54. The molecule has 0 aliphatic rings. The SMILES string of the molecule is Cc1cc(C)n2cc(CNC(=O)c3cc(S(=O)(=O)N(C)Cc4ccccc4)ccc3Cl)nc2n1. The van der Waals surface area contributed by atoms with Gasteiger partial charge >= 0.3 is 0 Å². The van der Waals surface area contributed by atoms with Gasteiger partial charge in [-0.3, -0.25) is 9.20 Å². The average molecular weight is 498 g/mol. The van der Waals surface area contributed by atoms with Gasteiger partial charge < -0.3 is 5.32 Å². The van der Waals surface area contributed by atoms with Crippen molar-refractivity contribution in [2.45, 2.75) is 31.8 Å². The summed E-state index contributed by atoms with van der Waals surface area (Å²) in [5.41, 5.74) is 3.39. The first-order chi connectivity index (χ1) is 16.1. The molecule has 0 saturated heterocycles. The number of benzene rings is 2. The molecule has 8 nitrogen and oxygen atoms in total. The second-order valence-corrected chi connectivity index (χ2v) is 10.5. The summed E-state index contributed by atoms with van der Waals surface area (Å²) in [5.74, 6) is 0.0556. The van der Waals surface area contributed by atoms with E-state index in [4.69, 9.17) is 11.6 Å². The second-order valence-electron chi connectivity index (χ2n) is 8.01. The van der Waals surface area contributed by atoms with Gasteiger partial charge in [0, 0.05) is 31.2 Å². The number of halogens is 1. The quantitative estimate of drug-likeness (QED) is 0.419. The lowest BCUT2D eigenvalue weighted by Crippen LogP contribution is -2.27. The highest BCUT2D eigenvalue weighted by molar-refractivity contribution is 7.89. The molecule has 0 fully saturated rings. The summed E-state index contributed by atoms with van der Waals surface area (Å²) in [5, 5.41) is 2.92. The molecular formula is C24H24ClN5O3S. The molecule has 10 heteroatoms. The first-order valence-electron chi connectivity index (χ1n) is 10.6. The molecule has 0 aliphatic carbocycles. The molecule has 2 aromatic carbocycles. The van der Waals surface area contributed by atoms with Gasteiger partial charge in [0.1, 0.15) is 0 Å². The Balaban J connectivity index is 1.52. The fraction of sp³-hybridized carbons (Fsp3) is 0.208. The molecule has 0 unspecified atom stereocenters. The number of carbonyl (C=O) groups is 1. The molecule has 2 heterocycles. The van der Waals surface area contributed by atoms with E-state index in [1.165, 1.54) is 29.6 Å². The van der Waals surface area contributed by atoms with Crippen molar-refractivity contribution in [2.75, 3.05) is 7.05 Å². The molecule has 0 aliphatic heterocycles. The predicted octanol–water partition coefficient (Wildman–Crippen LogP) is 3.75. The molecule has 176 valence electrons. The summed E-state index contributed by atoms with van der Waals surface area (Å²) in [6.45, 7) is 4.19. The average Bonchev–Trinajstić information content (AvgIpc) is 3.21. The van der Waals surface area contributed by atoms with Crippen molar-refractivity contribution in [2.24, 2.45) is 0 Å². The molecule has 34 heavy (non-hydrogen) atoms. The number of aryl methyl sites for hydroxylation is 2. The Kier molecular flexibility index (Phi) is 6.70. The van der Waals surface area contributed by atoms with Crippen LogP contribution in [0.15, 0.2) is 65.7 Å². The Morgan fingerprint density at radius 1 is 1.09 bits per heavy atom. The van der Waals surface area contributed by atoms with E-state index in [1.807, 2.05) is 54.6 Å². The zero-order chi connectivity index (χ0) is 24.5. The monoisotopic (exact) mass is 497 g/mol. The third-order valence-corrected chi connectivity index (χ3v) is 7.51. The Morgan fingerprint density at radius 3 is 2.56 bits per heavy atom. The number of hydrogen-bond donors (Lipinski definition) is 1. The van der Waals surface area contributed by atoms with E-state index < -0.39 is 15.9 Å². The number of rotatable bonds is 7. The minimum absolute atomic E-state index is 0.0106. The first-order valence-corrected chi connectivity index (χ1v) is 12.4. The maximum absolute atomic E-state index is 13.1. The third-order valence-electron chi connectivity index (χ3n) is 5.38. The standard InChI is InChI=1S/C24H24ClN5O3S/c1-16-11-17(2)30-15-19(28-24(30)27-16)13-26-23(31)21-12-20(9-10-22(21)25)34(32,33)29(3)14-18-7-5-4-6-8-18/h4-12,15H,13-14H2,1-3H3,(H,26,31). The van der Waals surface area contributed by atoms with Gasteiger partial charge in [-0.05, 0) is 43.7 Å². The van der Waals surface area contributed by atoms with E-state index in [1.54, 1.807) is 6.20 Å². The van der Waals surface area contributed by atoms with E-state index in [0.29, 0.717) is 11.5 Å². The largest absolute Gasteiger partial charge is 0.346 e. The number of nitrogens with zero attached hydrogens (tertiary/aromatic N) is 4. The molecule has 2 aromatic heterocycles. The highest BCUT2D eigenvalue weighted by atomic mass is 35.5. The van der Waals surface area contributed by atoms with Crippen LogP contribution in [-0.4, -0.2) is 40.0 Å². The zero-order valence-electron chi connectivity index (χ0n) is 19.0. The van der Waals surface area contributed by atoms with Gasteiger partial charge in [0.15, 0.2) is 0 Å². The highest BCUT2D eigenvalue weighted by Gasteiger charge is 2.23. The van der Waals surface area contributed by atoms with E-state index in [2.05, 4.69) is 15.3 Å². The minimum atomic E-state index is -3.83. The molecule has 0 spiro atoms. The van der Waals surface area contributed by atoms with Crippen molar-refractivity contribution in [3.8, 4) is 0 Å². The van der Waals surface area contributed by atoms with Crippen molar-refractivity contribution in [3.63, 3.8) is 0 Å². The van der Waals surface area contributed by atoms with E-state index in [0.717, 1.165) is 17.0 Å². The lowest BCUT2D eigenvalue weighted by atomic mass is 10.2. The van der Waals surface area contributed by atoms with Crippen LogP contribution >= 0.6 is 11.6 Å². The van der Waals surface area contributed by atoms with Crippen molar-refractivity contribution in [1.29, 1.82) is 0 Å². The molecule has 4 aromatic rings. The number of hydrogen-bond acceptors (Lipinski definition) is 5. The maximum atomic E-state index is 13.1. The highest BCUT2D eigenvalue weighted by Crippen LogP contribution is 2.23. The molecule has 1 N–H and O–H groups in total. The van der Waals surface area contributed by atoms with E-state index >= 15 is 0 Å². The molecule has 0 saturated carbocycles. The Morgan fingerprint density at radius 2 is 1.82 bits per heavy atom. The van der Waals surface area contributed by atoms with Crippen LogP contribution < -0.4 is 5.32 Å². The van der Waals surface area contributed by atoms with Crippen LogP contribution in [0, 0.1) is 13.8 Å². The maximum Gasteiger partial charge on any atom is 0.253 e. The lowest BCUT2D eigenvalue weighted by Gasteiger charge is -2.18. The summed E-state index contributed by atoms with van der Waals surface area (Å²) in [6.07, 6.45) is 1.80. The van der Waals surface area contributed by atoms with Gasteiger partial charge in [-0.2, -0.15) is 4.31 Å². The molecule has 0 bridgehead atoms. The summed E-state index contributed by atoms with van der Waals surface area (Å²) < 4.78 is 29.3. The van der Waals surface area contributed by atoms with Crippen molar-refractivity contribution in [1.82, 2.24) is 24.0 Å². The van der Waals surface area contributed by atoms with Crippen LogP contribution in [0.4, 0.5) is 0 Å². The fourth-order valence-corrected chi connectivity index (χ4v) is 5.00. The summed E-state index contributed by atoms with van der Waals surface area (Å²) in [4.78, 5) is 21.7. The van der Waals surface area contributed by atoms with Crippen LogP contribution in [0.2, 0.25) is 5.02 Å². The van der Waals surface area contributed by atoms with Gasteiger partial charge in [0.05, 0.1) is 27.7 Å². The van der Waals surface area contributed by atoms with Crippen molar-refractivity contribution < 1.29 is 13.2 Å². The van der Waals surface area contributed by atoms with E-state index in [9.17, 15) is 13.2 Å². The smallest absolute Gasteiger partial charge is 0.253 e. The van der Waals surface area contributed by atoms with Crippen LogP contribution in [0.1, 0.15) is 33.0 Å². The third kappa shape index (κ3) is 4.96. The van der Waals surface area contributed by atoms with Gasteiger partial charge in [-0.15, -0.1) is 0 Å². The van der Waals surface area contributed by atoms with Crippen LogP contribution in [0.3, 0.4) is 0 Å². The summed E-state index contributed by atoms with van der Waals surface area (Å²) in [7, 11) is -2.33. The molecule has 0 atom stereocenters. The van der Waals surface area contributed by atoms with Crippen molar-refractivity contribution in [3.05, 3.63) is 94.0 Å². The van der Waals surface area contributed by atoms with Crippen LogP contribution in [0.5, 0.6) is 0 Å². The molecule has 0 radical (unpaired) electrons. The lowest BCUT2D eigenvalue weighted by molar-refractivity contribution is 0.0950. The van der Waals surface area contributed by atoms with Crippen molar-refractivity contribution >= 4 is 33.3 Å². The Labute approximate surface area is 203 Å². The number of amides is 1. The molecule has 4 rings (SSSR count). The first kappa shape index (κ1) is 23.9. The fourth-order valence-electron chi connectivity index (χ4n) is 3.61. The number of fused-ring (bicyclic) bond motifs is 1. The number of sulfonamides is 1. The van der Waals surface area contributed by atoms with Crippen LogP contribution in [0.25, 0.3) is 5.78 Å². The summed E-state index contributed by atoms with van der Waals surface area (Å²) >= 11 is 6.24. The minimum Gasteiger partial charge on any atom is -0.346 e. The summed E-state index contributed by atoms with van der Waals surface area (Å²) in [6, 6.07) is 15.3. The van der Waals surface area contributed by atoms with Gasteiger partial charge in [-0.25, -0.2) is 18.4 Å². The van der Waals surface area contributed by atoms with Gasteiger partial charge in [0.25, 0.3) is 5.91 Å². The molecular weight excluding hydrogens is 474 g/mol. The Bertz CT molecular complexity index is 1470.